The Kier molecular flexibility index (Phi) is 4.60. The van der Waals surface area contributed by atoms with Crippen LogP contribution in [0.15, 0.2) is 18.5 Å². The zero-order valence-corrected chi connectivity index (χ0v) is 16.3. The first kappa shape index (κ1) is 17.2. The topological polar surface area (TPSA) is 58.9 Å². The van der Waals surface area contributed by atoms with Gasteiger partial charge in [0, 0.05) is 36.6 Å². The van der Waals surface area contributed by atoms with E-state index in [1.54, 1.807) is 0 Å². The van der Waals surface area contributed by atoms with Crippen molar-refractivity contribution in [3.05, 3.63) is 24.2 Å². The molecule has 3 heterocycles. The van der Waals surface area contributed by atoms with Crippen molar-refractivity contribution in [2.75, 3.05) is 18.4 Å². The van der Waals surface area contributed by atoms with Crippen molar-refractivity contribution in [1.82, 2.24) is 24.6 Å². The van der Waals surface area contributed by atoms with Crippen LogP contribution in [0.3, 0.4) is 0 Å². The highest BCUT2D eigenvalue weighted by Crippen LogP contribution is 2.35. The summed E-state index contributed by atoms with van der Waals surface area (Å²) in [5.74, 6) is 1.60. The van der Waals surface area contributed by atoms with Crippen LogP contribution < -0.4 is 5.32 Å². The molecule has 5 rings (SSSR count). The van der Waals surface area contributed by atoms with Gasteiger partial charge in [-0.2, -0.15) is 5.10 Å². The first-order valence-electron chi connectivity index (χ1n) is 10.6. The Morgan fingerprint density at radius 2 is 1.93 bits per heavy atom. The maximum Gasteiger partial charge on any atom is 0.223 e. The van der Waals surface area contributed by atoms with E-state index in [0.29, 0.717) is 6.04 Å². The molecule has 0 bridgehead atoms. The van der Waals surface area contributed by atoms with Gasteiger partial charge in [0.25, 0.3) is 0 Å². The summed E-state index contributed by atoms with van der Waals surface area (Å²) in [6.45, 7) is 2.62. The van der Waals surface area contributed by atoms with Crippen LogP contribution in [0.2, 0.25) is 0 Å². The summed E-state index contributed by atoms with van der Waals surface area (Å²) < 4.78 is 2.01. The number of nitrogens with one attached hydrogen (secondary N) is 1. The van der Waals surface area contributed by atoms with Crippen molar-refractivity contribution in [2.45, 2.75) is 63.5 Å². The lowest BCUT2D eigenvalue weighted by Crippen LogP contribution is -2.47. The molecule has 27 heavy (non-hydrogen) atoms. The molecule has 1 aliphatic heterocycles. The van der Waals surface area contributed by atoms with Crippen molar-refractivity contribution >= 4 is 5.95 Å². The highest BCUT2D eigenvalue weighted by atomic mass is 15.3. The van der Waals surface area contributed by atoms with Crippen molar-refractivity contribution in [2.24, 2.45) is 13.0 Å². The molecule has 0 spiro atoms. The SMILES string of the molecule is Cn1ncc(-c2ccnc(NC3CCC(N4CCC4)CC3)n2)c1CC1CC1. The Morgan fingerprint density at radius 3 is 2.63 bits per heavy atom. The highest BCUT2D eigenvalue weighted by molar-refractivity contribution is 5.62. The van der Waals surface area contributed by atoms with Gasteiger partial charge in [0.15, 0.2) is 0 Å². The maximum absolute atomic E-state index is 4.83. The second-order valence-corrected chi connectivity index (χ2v) is 8.58. The first-order chi connectivity index (χ1) is 13.3. The van der Waals surface area contributed by atoms with Gasteiger partial charge in [-0.05, 0) is 76.4 Å². The summed E-state index contributed by atoms with van der Waals surface area (Å²) in [6, 6.07) is 3.32. The number of hydrogen-bond donors (Lipinski definition) is 1. The fourth-order valence-electron chi connectivity index (χ4n) is 4.57. The first-order valence-corrected chi connectivity index (χ1v) is 10.6. The summed E-state index contributed by atoms with van der Waals surface area (Å²) in [5, 5.41) is 8.09. The zero-order valence-electron chi connectivity index (χ0n) is 16.3. The summed E-state index contributed by atoms with van der Waals surface area (Å²) in [6.07, 6.45) is 14.1. The summed E-state index contributed by atoms with van der Waals surface area (Å²) >= 11 is 0. The van der Waals surface area contributed by atoms with E-state index in [1.165, 1.54) is 63.7 Å². The van der Waals surface area contributed by atoms with Crippen molar-refractivity contribution in [3.63, 3.8) is 0 Å². The molecule has 0 radical (unpaired) electrons. The number of rotatable bonds is 6. The molecule has 3 fully saturated rings. The predicted molar refractivity (Wildman–Crippen MR) is 107 cm³/mol. The van der Waals surface area contributed by atoms with E-state index in [-0.39, 0.29) is 0 Å². The molecular formula is C21H30N6. The van der Waals surface area contributed by atoms with E-state index >= 15 is 0 Å². The van der Waals surface area contributed by atoms with E-state index in [1.807, 2.05) is 30.2 Å². The molecular weight excluding hydrogens is 336 g/mol. The molecule has 0 aromatic carbocycles. The minimum Gasteiger partial charge on any atom is -0.351 e. The second kappa shape index (κ2) is 7.23. The molecule has 2 aliphatic carbocycles. The molecule has 2 aromatic heterocycles. The van der Waals surface area contributed by atoms with E-state index in [2.05, 4.69) is 20.3 Å². The fourth-order valence-corrected chi connectivity index (χ4v) is 4.57. The number of anilines is 1. The number of likely N-dealkylation sites (tertiary alicyclic amines) is 1. The average molecular weight is 367 g/mol. The third kappa shape index (κ3) is 3.72. The second-order valence-electron chi connectivity index (χ2n) is 8.58. The number of aryl methyl sites for hydroxylation is 1. The van der Waals surface area contributed by atoms with Gasteiger partial charge in [-0.3, -0.25) is 4.68 Å². The van der Waals surface area contributed by atoms with Gasteiger partial charge in [0.05, 0.1) is 11.9 Å². The Bertz CT molecular complexity index is 784. The molecule has 6 nitrogen and oxygen atoms in total. The van der Waals surface area contributed by atoms with Gasteiger partial charge in [0.1, 0.15) is 0 Å². The molecule has 2 aromatic rings. The monoisotopic (exact) mass is 366 g/mol. The van der Waals surface area contributed by atoms with Gasteiger partial charge in [-0.1, -0.05) is 0 Å². The largest absolute Gasteiger partial charge is 0.351 e. The average Bonchev–Trinajstić information content (AvgIpc) is 3.38. The van der Waals surface area contributed by atoms with E-state index in [0.717, 1.165) is 35.6 Å². The van der Waals surface area contributed by atoms with E-state index < -0.39 is 0 Å². The summed E-state index contributed by atoms with van der Waals surface area (Å²) in [5.41, 5.74) is 3.46. The molecule has 0 unspecified atom stereocenters. The Hall–Kier alpha value is -1.95. The van der Waals surface area contributed by atoms with E-state index in [4.69, 9.17) is 4.98 Å². The lowest BCUT2D eigenvalue weighted by molar-refractivity contribution is 0.0888. The van der Waals surface area contributed by atoms with Crippen molar-refractivity contribution < 1.29 is 0 Å². The van der Waals surface area contributed by atoms with Crippen LogP contribution in [0.1, 0.15) is 50.6 Å². The molecule has 1 N–H and O–H groups in total. The standard InChI is InChI=1S/C21H30N6/c1-26-20(13-15-3-4-15)18(14-23-26)19-9-10-22-21(25-19)24-16-5-7-17(8-6-16)27-11-2-12-27/h9-10,14-17H,2-8,11-13H2,1H3,(H,22,24,25). The van der Waals surface area contributed by atoms with Gasteiger partial charge in [-0.15, -0.1) is 0 Å². The normalized spacial score (nSPS) is 26.0. The smallest absolute Gasteiger partial charge is 0.223 e. The van der Waals surface area contributed by atoms with Crippen LogP contribution in [-0.4, -0.2) is 49.8 Å². The van der Waals surface area contributed by atoms with Crippen LogP contribution in [0.4, 0.5) is 5.95 Å². The predicted octanol–water partition coefficient (Wildman–Crippen LogP) is 3.26. The molecule has 6 heteroatoms. The molecule has 2 saturated carbocycles. The van der Waals surface area contributed by atoms with Gasteiger partial charge in [-0.25, -0.2) is 9.97 Å². The molecule has 0 amide bonds. The van der Waals surface area contributed by atoms with Gasteiger partial charge in [0.2, 0.25) is 5.95 Å². The number of nitrogens with zero attached hydrogens (tertiary/aromatic N) is 5. The highest BCUT2D eigenvalue weighted by Gasteiger charge is 2.29. The Morgan fingerprint density at radius 1 is 1.11 bits per heavy atom. The van der Waals surface area contributed by atoms with Gasteiger partial charge >= 0.3 is 0 Å². The Labute approximate surface area is 161 Å². The molecule has 0 atom stereocenters. The number of aromatic nitrogens is 4. The third-order valence-electron chi connectivity index (χ3n) is 6.61. The van der Waals surface area contributed by atoms with Crippen molar-refractivity contribution in [1.29, 1.82) is 0 Å². The summed E-state index contributed by atoms with van der Waals surface area (Å²) in [7, 11) is 2.04. The molecule has 144 valence electrons. The molecule has 3 aliphatic rings. The fraction of sp³-hybridized carbons (Fsp3) is 0.667. The maximum atomic E-state index is 4.83. The van der Waals surface area contributed by atoms with Crippen LogP contribution in [0, 0.1) is 5.92 Å². The van der Waals surface area contributed by atoms with Crippen LogP contribution in [0.5, 0.6) is 0 Å². The van der Waals surface area contributed by atoms with Crippen molar-refractivity contribution in [3.8, 4) is 11.3 Å². The quantitative estimate of drug-likeness (QED) is 0.850. The Balaban J connectivity index is 1.26. The lowest BCUT2D eigenvalue weighted by atomic mass is 9.89. The van der Waals surface area contributed by atoms with Crippen LogP contribution in [0.25, 0.3) is 11.3 Å². The summed E-state index contributed by atoms with van der Waals surface area (Å²) in [4.78, 5) is 12.0. The van der Waals surface area contributed by atoms with Crippen LogP contribution in [-0.2, 0) is 13.5 Å². The van der Waals surface area contributed by atoms with Crippen LogP contribution >= 0.6 is 0 Å². The molecule has 1 saturated heterocycles. The third-order valence-corrected chi connectivity index (χ3v) is 6.61. The number of hydrogen-bond acceptors (Lipinski definition) is 5. The minimum absolute atomic E-state index is 0.498. The minimum atomic E-state index is 0.498. The lowest BCUT2D eigenvalue weighted by Gasteiger charge is -2.42. The van der Waals surface area contributed by atoms with E-state index in [9.17, 15) is 0 Å². The van der Waals surface area contributed by atoms with Gasteiger partial charge < -0.3 is 10.2 Å². The zero-order chi connectivity index (χ0) is 18.2.